The van der Waals surface area contributed by atoms with Gasteiger partial charge in [0.15, 0.2) is 0 Å². The summed E-state index contributed by atoms with van der Waals surface area (Å²) < 4.78 is 89.7. The molecule has 0 aliphatic heterocycles. The van der Waals surface area contributed by atoms with Crippen LogP contribution in [0.5, 0.6) is 0 Å². The van der Waals surface area contributed by atoms with E-state index in [4.69, 9.17) is 0 Å². The van der Waals surface area contributed by atoms with E-state index in [-0.39, 0.29) is 17.7 Å². The molecule has 0 bridgehead atoms. The lowest BCUT2D eigenvalue weighted by Crippen LogP contribution is -2.47. The van der Waals surface area contributed by atoms with E-state index in [1.165, 1.54) is 17.6 Å². The SMILES string of the molecule is O=C(NNC(=O)C(F)(F)F)c1ccc(CCS(=O)(=O)Nc2cccc(F)c2)c(F)c1. The number of aryl methyl sites for hydroxylation is 1. The van der Waals surface area contributed by atoms with Crippen molar-refractivity contribution in [2.24, 2.45) is 0 Å². The van der Waals surface area contributed by atoms with Crippen LogP contribution in [-0.4, -0.2) is 32.2 Å². The van der Waals surface area contributed by atoms with E-state index >= 15 is 0 Å². The van der Waals surface area contributed by atoms with Gasteiger partial charge in [-0.3, -0.25) is 25.2 Å². The highest BCUT2D eigenvalue weighted by atomic mass is 32.2. The molecule has 13 heteroatoms. The van der Waals surface area contributed by atoms with E-state index in [0.29, 0.717) is 6.07 Å². The summed E-state index contributed by atoms with van der Waals surface area (Å²) in [5.74, 6) is -5.82. The van der Waals surface area contributed by atoms with E-state index in [1.54, 1.807) is 0 Å². The Morgan fingerprint density at radius 2 is 1.67 bits per heavy atom. The standard InChI is InChI=1S/C17H14F5N3O4S/c18-12-2-1-3-13(9-12)25-30(28,29)7-6-10-4-5-11(8-14(10)19)15(26)23-24-16(27)17(20,21)22/h1-5,8-9,25H,6-7H2,(H,23,26)(H,24,27). The zero-order valence-corrected chi connectivity index (χ0v) is 15.7. The number of hydrogen-bond donors (Lipinski definition) is 3. The molecule has 7 nitrogen and oxygen atoms in total. The average molecular weight is 451 g/mol. The van der Waals surface area contributed by atoms with Crippen molar-refractivity contribution in [3.63, 3.8) is 0 Å². The van der Waals surface area contributed by atoms with Crippen molar-refractivity contribution < 1.29 is 40.0 Å². The van der Waals surface area contributed by atoms with Gasteiger partial charge in [-0.05, 0) is 42.3 Å². The number of benzene rings is 2. The molecule has 0 saturated carbocycles. The molecule has 0 atom stereocenters. The molecule has 0 aliphatic carbocycles. The first-order valence-electron chi connectivity index (χ1n) is 8.09. The Labute approximate surface area is 167 Å². The number of hydrogen-bond acceptors (Lipinski definition) is 4. The van der Waals surface area contributed by atoms with Gasteiger partial charge in [0.2, 0.25) is 10.0 Å². The molecule has 162 valence electrons. The Bertz CT molecular complexity index is 1060. The first kappa shape index (κ1) is 23.1. The summed E-state index contributed by atoms with van der Waals surface area (Å²) in [4.78, 5) is 22.3. The van der Waals surface area contributed by atoms with Gasteiger partial charge in [0, 0.05) is 5.56 Å². The normalized spacial score (nSPS) is 11.6. The van der Waals surface area contributed by atoms with Crippen LogP contribution in [0.1, 0.15) is 15.9 Å². The van der Waals surface area contributed by atoms with Gasteiger partial charge in [-0.1, -0.05) is 12.1 Å². The van der Waals surface area contributed by atoms with Gasteiger partial charge in [0.05, 0.1) is 11.4 Å². The first-order chi connectivity index (χ1) is 13.9. The summed E-state index contributed by atoms with van der Waals surface area (Å²) in [7, 11) is -3.94. The lowest BCUT2D eigenvalue weighted by Gasteiger charge is -2.11. The van der Waals surface area contributed by atoms with Gasteiger partial charge in [-0.2, -0.15) is 13.2 Å². The topological polar surface area (TPSA) is 104 Å². The Morgan fingerprint density at radius 3 is 2.27 bits per heavy atom. The van der Waals surface area contributed by atoms with Gasteiger partial charge >= 0.3 is 12.1 Å². The summed E-state index contributed by atoms with van der Waals surface area (Å²) in [5.41, 5.74) is 2.10. The molecule has 2 rings (SSSR count). The van der Waals surface area contributed by atoms with Gasteiger partial charge in [-0.15, -0.1) is 0 Å². The second kappa shape index (κ2) is 9.07. The van der Waals surface area contributed by atoms with Crippen LogP contribution in [-0.2, 0) is 21.2 Å². The third-order valence-electron chi connectivity index (χ3n) is 3.60. The van der Waals surface area contributed by atoms with Crippen molar-refractivity contribution in [1.29, 1.82) is 0 Å². The fourth-order valence-electron chi connectivity index (χ4n) is 2.17. The molecule has 0 aromatic heterocycles. The van der Waals surface area contributed by atoms with E-state index in [2.05, 4.69) is 4.72 Å². The number of halogens is 5. The van der Waals surface area contributed by atoms with Gasteiger partial charge in [-0.25, -0.2) is 17.2 Å². The second-order valence-corrected chi connectivity index (χ2v) is 7.74. The minimum absolute atomic E-state index is 0.0107. The minimum atomic E-state index is -5.21. The third kappa shape index (κ3) is 6.69. The molecule has 3 N–H and O–H groups in total. The molecule has 0 spiro atoms. The van der Waals surface area contributed by atoms with E-state index in [0.717, 1.165) is 29.7 Å². The van der Waals surface area contributed by atoms with Crippen molar-refractivity contribution in [1.82, 2.24) is 10.9 Å². The monoisotopic (exact) mass is 451 g/mol. The largest absolute Gasteiger partial charge is 0.472 e. The second-order valence-electron chi connectivity index (χ2n) is 5.89. The van der Waals surface area contributed by atoms with Gasteiger partial charge < -0.3 is 0 Å². The fraction of sp³-hybridized carbons (Fsp3) is 0.176. The van der Waals surface area contributed by atoms with Crippen LogP contribution in [0.15, 0.2) is 42.5 Å². The molecule has 0 saturated heterocycles. The molecule has 0 radical (unpaired) electrons. The van der Waals surface area contributed by atoms with Crippen LogP contribution in [0.3, 0.4) is 0 Å². The van der Waals surface area contributed by atoms with Crippen molar-refractivity contribution in [2.75, 3.05) is 10.5 Å². The van der Waals surface area contributed by atoms with Crippen molar-refractivity contribution >= 4 is 27.5 Å². The van der Waals surface area contributed by atoms with E-state index in [9.17, 15) is 40.0 Å². The van der Waals surface area contributed by atoms with Crippen LogP contribution >= 0.6 is 0 Å². The molecule has 2 aromatic rings. The number of rotatable bonds is 6. The lowest BCUT2D eigenvalue weighted by atomic mass is 10.1. The Balaban J connectivity index is 1.98. The molecule has 30 heavy (non-hydrogen) atoms. The summed E-state index contributed by atoms with van der Waals surface area (Å²) in [5, 5.41) is 0. The highest BCUT2D eigenvalue weighted by molar-refractivity contribution is 7.92. The van der Waals surface area contributed by atoms with Crippen molar-refractivity contribution in [2.45, 2.75) is 12.6 Å². The van der Waals surface area contributed by atoms with Crippen molar-refractivity contribution in [3.05, 3.63) is 65.2 Å². The number of amides is 2. The van der Waals surface area contributed by atoms with Crippen LogP contribution in [0.2, 0.25) is 0 Å². The molecule has 0 aliphatic rings. The Morgan fingerprint density at radius 1 is 0.967 bits per heavy atom. The van der Waals surface area contributed by atoms with Crippen molar-refractivity contribution in [3.8, 4) is 0 Å². The average Bonchev–Trinajstić information content (AvgIpc) is 2.63. The lowest BCUT2D eigenvalue weighted by molar-refractivity contribution is -0.174. The molecule has 0 fully saturated rings. The highest BCUT2D eigenvalue weighted by Crippen LogP contribution is 2.16. The zero-order valence-electron chi connectivity index (χ0n) is 14.9. The summed E-state index contributed by atoms with van der Waals surface area (Å²) in [6, 6.07) is 7.51. The number of carbonyl (C=O) groups is 2. The maximum atomic E-state index is 14.1. The smallest absolute Gasteiger partial charge is 0.283 e. The number of alkyl halides is 3. The van der Waals surface area contributed by atoms with Gasteiger partial charge in [0.1, 0.15) is 11.6 Å². The summed E-state index contributed by atoms with van der Waals surface area (Å²) in [6.07, 6.45) is -5.52. The van der Waals surface area contributed by atoms with Crippen LogP contribution in [0.25, 0.3) is 0 Å². The molecular formula is C17H14F5N3O4S. The maximum absolute atomic E-state index is 14.1. The van der Waals surface area contributed by atoms with Crippen LogP contribution < -0.4 is 15.6 Å². The maximum Gasteiger partial charge on any atom is 0.472 e. The minimum Gasteiger partial charge on any atom is -0.283 e. The number of sulfonamides is 1. The predicted octanol–water partition coefficient (Wildman–Crippen LogP) is 2.27. The quantitative estimate of drug-likeness (QED) is 0.463. The first-order valence-corrected chi connectivity index (χ1v) is 9.74. The van der Waals surface area contributed by atoms with E-state index in [1.807, 2.05) is 0 Å². The Kier molecular flexibility index (Phi) is 6.97. The Hall–Kier alpha value is -3.22. The number of anilines is 1. The highest BCUT2D eigenvalue weighted by Gasteiger charge is 2.39. The zero-order chi connectivity index (χ0) is 22.5. The molecule has 2 aromatic carbocycles. The third-order valence-corrected chi connectivity index (χ3v) is 4.89. The van der Waals surface area contributed by atoms with E-state index < -0.39 is 51.0 Å². The number of nitrogens with one attached hydrogen (secondary N) is 3. The van der Waals surface area contributed by atoms with Crippen LogP contribution in [0, 0.1) is 11.6 Å². The predicted molar refractivity (Wildman–Crippen MR) is 95.6 cm³/mol. The summed E-state index contributed by atoms with van der Waals surface area (Å²) >= 11 is 0. The molecular weight excluding hydrogens is 437 g/mol. The molecule has 0 heterocycles. The molecule has 2 amide bonds. The number of carbonyl (C=O) groups excluding carboxylic acids is 2. The number of hydrazine groups is 1. The van der Waals surface area contributed by atoms with Crippen LogP contribution in [0.4, 0.5) is 27.6 Å². The molecule has 0 unspecified atom stereocenters. The fourth-order valence-corrected chi connectivity index (χ4v) is 3.25. The van der Waals surface area contributed by atoms with Gasteiger partial charge in [0.25, 0.3) is 5.91 Å². The summed E-state index contributed by atoms with van der Waals surface area (Å²) in [6.45, 7) is 0.